The Morgan fingerprint density at radius 2 is 1.62 bits per heavy atom. The second kappa shape index (κ2) is 8.70. The number of carbonyl (C=O) groups excluding carboxylic acids is 2. The van der Waals surface area contributed by atoms with Gasteiger partial charge in [0.05, 0.1) is 19.8 Å². The molecular formula is C18H19FN2O5. The molecule has 2 aromatic rings. The van der Waals surface area contributed by atoms with Crippen LogP contribution in [0, 0.1) is 5.82 Å². The Morgan fingerprint density at radius 3 is 2.23 bits per heavy atom. The van der Waals surface area contributed by atoms with Crippen molar-refractivity contribution in [3.8, 4) is 17.2 Å². The van der Waals surface area contributed by atoms with Gasteiger partial charge in [-0.3, -0.25) is 20.4 Å². The number of halogens is 1. The van der Waals surface area contributed by atoms with Gasteiger partial charge in [-0.15, -0.1) is 0 Å². The van der Waals surface area contributed by atoms with Crippen LogP contribution in [0.25, 0.3) is 0 Å². The highest BCUT2D eigenvalue weighted by Crippen LogP contribution is 2.24. The molecule has 0 saturated carbocycles. The average Bonchev–Trinajstić information content (AvgIpc) is 2.66. The van der Waals surface area contributed by atoms with Gasteiger partial charge < -0.3 is 14.2 Å². The molecule has 26 heavy (non-hydrogen) atoms. The highest BCUT2D eigenvalue weighted by Gasteiger charge is 2.18. The van der Waals surface area contributed by atoms with Crippen LogP contribution in [0.3, 0.4) is 0 Å². The highest BCUT2D eigenvalue weighted by molar-refractivity contribution is 5.98. The number of ether oxygens (including phenoxy) is 3. The second-order valence-corrected chi connectivity index (χ2v) is 5.22. The van der Waals surface area contributed by atoms with Crippen molar-refractivity contribution in [2.45, 2.75) is 13.0 Å². The van der Waals surface area contributed by atoms with E-state index >= 15 is 0 Å². The molecule has 8 heteroatoms. The van der Waals surface area contributed by atoms with Crippen LogP contribution in [0.5, 0.6) is 17.2 Å². The standard InChI is InChI=1S/C18H19FN2O5/c1-11(26-13-6-4-12(19)5-7-13)17(22)20-21-18(23)15-9-8-14(24-2)10-16(15)25-3/h4-11H,1-3H3,(H,20,22)(H,21,23)/t11-/m0/s1. The van der Waals surface area contributed by atoms with Crippen LogP contribution >= 0.6 is 0 Å². The maximum Gasteiger partial charge on any atom is 0.279 e. The monoisotopic (exact) mass is 362 g/mol. The van der Waals surface area contributed by atoms with Crippen LogP contribution in [-0.4, -0.2) is 32.1 Å². The lowest BCUT2D eigenvalue weighted by molar-refractivity contribution is -0.128. The van der Waals surface area contributed by atoms with Crippen LogP contribution in [0.2, 0.25) is 0 Å². The van der Waals surface area contributed by atoms with E-state index in [9.17, 15) is 14.0 Å². The minimum absolute atomic E-state index is 0.223. The fourth-order valence-electron chi connectivity index (χ4n) is 2.04. The van der Waals surface area contributed by atoms with Crippen molar-refractivity contribution in [2.75, 3.05) is 14.2 Å². The molecule has 0 aliphatic rings. The van der Waals surface area contributed by atoms with E-state index in [1.807, 2.05) is 0 Å². The Hall–Kier alpha value is -3.29. The minimum atomic E-state index is -0.904. The van der Waals surface area contributed by atoms with E-state index in [0.717, 1.165) is 0 Å². The zero-order chi connectivity index (χ0) is 19.1. The zero-order valence-electron chi connectivity index (χ0n) is 14.5. The number of carbonyl (C=O) groups is 2. The van der Waals surface area contributed by atoms with Gasteiger partial charge in [0.2, 0.25) is 0 Å². The summed E-state index contributed by atoms with van der Waals surface area (Å²) in [6.07, 6.45) is -0.904. The molecule has 2 N–H and O–H groups in total. The number of hydrazine groups is 1. The molecule has 0 unspecified atom stereocenters. The van der Waals surface area contributed by atoms with Crippen LogP contribution in [0.4, 0.5) is 4.39 Å². The van der Waals surface area contributed by atoms with Crippen molar-refractivity contribution in [1.82, 2.24) is 10.9 Å². The molecule has 0 fully saturated rings. The van der Waals surface area contributed by atoms with E-state index in [1.54, 1.807) is 12.1 Å². The smallest absolute Gasteiger partial charge is 0.279 e. The van der Waals surface area contributed by atoms with Gasteiger partial charge in [0.25, 0.3) is 11.8 Å². The third-order valence-corrected chi connectivity index (χ3v) is 3.45. The zero-order valence-corrected chi connectivity index (χ0v) is 14.5. The first-order valence-electron chi connectivity index (χ1n) is 7.69. The Morgan fingerprint density at radius 1 is 0.962 bits per heavy atom. The summed E-state index contributed by atoms with van der Waals surface area (Å²) in [5.74, 6) is -0.384. The van der Waals surface area contributed by atoms with Crippen LogP contribution in [0.15, 0.2) is 42.5 Å². The van der Waals surface area contributed by atoms with E-state index in [1.165, 1.54) is 51.5 Å². The molecule has 0 heterocycles. The first kappa shape index (κ1) is 19.0. The summed E-state index contributed by atoms with van der Waals surface area (Å²) in [6, 6.07) is 9.91. The molecule has 2 amide bonds. The molecule has 0 spiro atoms. The number of hydrogen-bond donors (Lipinski definition) is 2. The number of methoxy groups -OCH3 is 2. The van der Waals surface area contributed by atoms with Crippen molar-refractivity contribution in [3.05, 3.63) is 53.8 Å². The average molecular weight is 362 g/mol. The lowest BCUT2D eigenvalue weighted by Gasteiger charge is -2.16. The van der Waals surface area contributed by atoms with Crippen LogP contribution < -0.4 is 25.1 Å². The Labute approximate surface area is 150 Å². The fraction of sp³-hybridized carbons (Fsp3) is 0.222. The molecular weight excluding hydrogens is 343 g/mol. The fourth-order valence-corrected chi connectivity index (χ4v) is 2.04. The molecule has 0 bridgehead atoms. The lowest BCUT2D eigenvalue weighted by atomic mass is 10.2. The second-order valence-electron chi connectivity index (χ2n) is 5.22. The van der Waals surface area contributed by atoms with E-state index in [2.05, 4.69) is 10.9 Å². The highest BCUT2D eigenvalue weighted by atomic mass is 19.1. The van der Waals surface area contributed by atoms with E-state index in [4.69, 9.17) is 14.2 Å². The van der Waals surface area contributed by atoms with Gasteiger partial charge in [0, 0.05) is 6.07 Å². The number of nitrogens with one attached hydrogen (secondary N) is 2. The third kappa shape index (κ3) is 4.85. The first-order valence-corrected chi connectivity index (χ1v) is 7.69. The van der Waals surface area contributed by atoms with Gasteiger partial charge in [0.15, 0.2) is 6.10 Å². The summed E-state index contributed by atoms with van der Waals surface area (Å²) in [6.45, 7) is 1.50. The van der Waals surface area contributed by atoms with Gasteiger partial charge in [-0.25, -0.2) is 4.39 Å². The molecule has 7 nitrogen and oxygen atoms in total. The van der Waals surface area contributed by atoms with Crippen molar-refractivity contribution >= 4 is 11.8 Å². The molecule has 0 aliphatic carbocycles. The summed E-state index contributed by atoms with van der Waals surface area (Å²) in [7, 11) is 2.92. The molecule has 0 radical (unpaired) electrons. The van der Waals surface area contributed by atoms with Gasteiger partial charge in [-0.05, 0) is 43.3 Å². The molecule has 0 aromatic heterocycles. The van der Waals surface area contributed by atoms with E-state index < -0.39 is 23.7 Å². The summed E-state index contributed by atoms with van der Waals surface area (Å²) in [4.78, 5) is 24.2. The van der Waals surface area contributed by atoms with Crippen LogP contribution in [0.1, 0.15) is 17.3 Å². The Kier molecular flexibility index (Phi) is 6.37. The number of amides is 2. The van der Waals surface area contributed by atoms with Crippen molar-refractivity contribution in [3.63, 3.8) is 0 Å². The van der Waals surface area contributed by atoms with Gasteiger partial charge in [-0.2, -0.15) is 0 Å². The quantitative estimate of drug-likeness (QED) is 0.769. The van der Waals surface area contributed by atoms with Crippen molar-refractivity contribution in [2.24, 2.45) is 0 Å². The lowest BCUT2D eigenvalue weighted by Crippen LogP contribution is -2.47. The largest absolute Gasteiger partial charge is 0.497 e. The third-order valence-electron chi connectivity index (χ3n) is 3.45. The molecule has 0 saturated heterocycles. The molecule has 138 valence electrons. The first-order chi connectivity index (χ1) is 12.4. The number of rotatable bonds is 6. The normalized spacial score (nSPS) is 11.2. The minimum Gasteiger partial charge on any atom is -0.497 e. The van der Waals surface area contributed by atoms with Crippen molar-refractivity contribution in [1.29, 1.82) is 0 Å². The predicted molar refractivity (Wildman–Crippen MR) is 91.6 cm³/mol. The van der Waals surface area contributed by atoms with E-state index in [0.29, 0.717) is 17.2 Å². The maximum absolute atomic E-state index is 12.9. The SMILES string of the molecule is COc1ccc(C(=O)NNC(=O)[C@H](C)Oc2ccc(F)cc2)c(OC)c1. The predicted octanol–water partition coefficient (Wildman–Crippen LogP) is 2.07. The van der Waals surface area contributed by atoms with Gasteiger partial charge in [-0.1, -0.05) is 0 Å². The maximum atomic E-state index is 12.9. The molecule has 2 rings (SSSR count). The number of hydrogen-bond acceptors (Lipinski definition) is 5. The Balaban J connectivity index is 1.93. The van der Waals surface area contributed by atoms with Gasteiger partial charge in [0.1, 0.15) is 23.1 Å². The molecule has 0 aliphatic heterocycles. The van der Waals surface area contributed by atoms with Crippen LogP contribution in [-0.2, 0) is 4.79 Å². The topological polar surface area (TPSA) is 85.9 Å². The summed E-state index contributed by atoms with van der Waals surface area (Å²) in [5.41, 5.74) is 4.78. The Bertz CT molecular complexity index is 780. The molecule has 1 atom stereocenters. The summed E-state index contributed by atoms with van der Waals surface area (Å²) >= 11 is 0. The van der Waals surface area contributed by atoms with Gasteiger partial charge >= 0.3 is 0 Å². The summed E-state index contributed by atoms with van der Waals surface area (Å²) in [5, 5.41) is 0. The molecule has 2 aromatic carbocycles. The van der Waals surface area contributed by atoms with Crippen molar-refractivity contribution < 1.29 is 28.2 Å². The summed E-state index contributed by atoms with van der Waals surface area (Å²) < 4.78 is 28.4. The number of benzene rings is 2. The van der Waals surface area contributed by atoms with E-state index in [-0.39, 0.29) is 5.56 Å².